The van der Waals surface area contributed by atoms with E-state index in [-0.39, 0.29) is 5.41 Å². The van der Waals surface area contributed by atoms with Crippen molar-refractivity contribution >= 4 is 18.0 Å². The van der Waals surface area contributed by atoms with Crippen LogP contribution in [0.5, 0.6) is 0 Å². The molecule has 0 amide bonds. The molecule has 0 aliphatic heterocycles. The van der Waals surface area contributed by atoms with Crippen LogP contribution in [0.25, 0.3) is 0 Å². The van der Waals surface area contributed by atoms with Gasteiger partial charge in [0, 0.05) is 11.2 Å². The van der Waals surface area contributed by atoms with E-state index < -0.39 is 0 Å². The molecule has 1 fully saturated rings. The quantitative estimate of drug-likeness (QED) is 0.536. The highest BCUT2D eigenvalue weighted by Gasteiger charge is 2.41. The molecule has 1 saturated carbocycles. The highest BCUT2D eigenvalue weighted by molar-refractivity contribution is 7.98. The molecule has 1 aliphatic carbocycles. The van der Waals surface area contributed by atoms with Crippen LogP contribution < -0.4 is 0 Å². The van der Waals surface area contributed by atoms with Gasteiger partial charge in [-0.05, 0) is 19.1 Å². The number of carbonyl (C=O) groups excluding carboxylic acids is 1. The Morgan fingerprint density at radius 1 is 1.75 bits per heavy atom. The summed E-state index contributed by atoms with van der Waals surface area (Å²) in [5.74, 6) is 1.02. The maximum absolute atomic E-state index is 10.3. The lowest BCUT2D eigenvalue weighted by Gasteiger charge is -1.99. The summed E-state index contributed by atoms with van der Waals surface area (Å²) in [7, 11) is 0. The number of carbonyl (C=O) groups is 1. The van der Waals surface area contributed by atoms with E-state index >= 15 is 0 Å². The largest absolute Gasteiger partial charge is 0.303 e. The SMILES string of the molecule is CSCC1(C=O)CC1. The van der Waals surface area contributed by atoms with Crippen LogP contribution in [-0.2, 0) is 4.79 Å². The van der Waals surface area contributed by atoms with E-state index in [0.717, 1.165) is 24.9 Å². The number of rotatable bonds is 3. The first-order chi connectivity index (χ1) is 3.83. The molecule has 1 rings (SSSR count). The average Bonchev–Trinajstić information content (AvgIpc) is 2.50. The molecule has 0 aromatic rings. The zero-order valence-corrected chi connectivity index (χ0v) is 5.83. The predicted octanol–water partition coefficient (Wildman–Crippen LogP) is 1.33. The molecule has 0 aromatic carbocycles. The van der Waals surface area contributed by atoms with Crippen LogP contribution in [0.15, 0.2) is 0 Å². The number of hydrogen-bond acceptors (Lipinski definition) is 2. The number of thioether (sulfide) groups is 1. The average molecular weight is 130 g/mol. The van der Waals surface area contributed by atoms with E-state index in [0.29, 0.717) is 0 Å². The van der Waals surface area contributed by atoms with Gasteiger partial charge in [-0.25, -0.2) is 0 Å². The summed E-state index contributed by atoms with van der Waals surface area (Å²) in [4.78, 5) is 10.3. The smallest absolute Gasteiger partial charge is 0.126 e. The van der Waals surface area contributed by atoms with E-state index in [4.69, 9.17) is 0 Å². The number of hydrogen-bond donors (Lipinski definition) is 0. The monoisotopic (exact) mass is 130 g/mol. The van der Waals surface area contributed by atoms with Crippen molar-refractivity contribution in [2.45, 2.75) is 12.8 Å². The van der Waals surface area contributed by atoms with Gasteiger partial charge in [0.25, 0.3) is 0 Å². The van der Waals surface area contributed by atoms with Gasteiger partial charge in [0.1, 0.15) is 6.29 Å². The van der Waals surface area contributed by atoms with Gasteiger partial charge in [0.15, 0.2) is 0 Å². The third-order valence-electron chi connectivity index (χ3n) is 1.57. The van der Waals surface area contributed by atoms with Crippen LogP contribution in [0, 0.1) is 5.41 Å². The van der Waals surface area contributed by atoms with Crippen molar-refractivity contribution < 1.29 is 4.79 Å². The van der Waals surface area contributed by atoms with Gasteiger partial charge < -0.3 is 4.79 Å². The second-order valence-electron chi connectivity index (χ2n) is 2.41. The highest BCUT2D eigenvalue weighted by Crippen LogP contribution is 2.45. The lowest BCUT2D eigenvalue weighted by atomic mass is 10.2. The zero-order chi connectivity index (χ0) is 6.04. The van der Waals surface area contributed by atoms with Crippen molar-refractivity contribution in [3.8, 4) is 0 Å². The molecular formula is C6H10OS. The maximum atomic E-state index is 10.3. The molecule has 0 saturated heterocycles. The zero-order valence-electron chi connectivity index (χ0n) is 5.02. The fourth-order valence-electron chi connectivity index (χ4n) is 0.744. The molecule has 0 bridgehead atoms. The Bertz CT molecular complexity index is 96.7. The first kappa shape index (κ1) is 6.14. The molecule has 0 aromatic heterocycles. The Labute approximate surface area is 53.8 Å². The molecular weight excluding hydrogens is 120 g/mol. The summed E-state index contributed by atoms with van der Waals surface area (Å²) in [6, 6.07) is 0. The summed E-state index contributed by atoms with van der Waals surface area (Å²) < 4.78 is 0. The van der Waals surface area contributed by atoms with Gasteiger partial charge in [0.2, 0.25) is 0 Å². The Morgan fingerprint density at radius 3 is 2.50 bits per heavy atom. The summed E-state index contributed by atoms with van der Waals surface area (Å²) in [6.45, 7) is 0. The summed E-state index contributed by atoms with van der Waals surface area (Å²) >= 11 is 1.76. The molecule has 2 heteroatoms. The van der Waals surface area contributed by atoms with E-state index in [2.05, 4.69) is 0 Å². The standard InChI is InChI=1S/C6H10OS/c1-8-5-6(4-7)2-3-6/h4H,2-3,5H2,1H3. The Hall–Kier alpha value is 0.0200. The molecule has 0 heterocycles. The van der Waals surface area contributed by atoms with E-state index in [9.17, 15) is 4.79 Å². The summed E-state index contributed by atoms with van der Waals surface area (Å²) in [6.07, 6.45) is 5.40. The van der Waals surface area contributed by atoms with Crippen LogP contribution in [0.3, 0.4) is 0 Å². The molecule has 1 nitrogen and oxygen atoms in total. The van der Waals surface area contributed by atoms with Crippen LogP contribution in [-0.4, -0.2) is 18.3 Å². The van der Waals surface area contributed by atoms with E-state index in [1.165, 1.54) is 0 Å². The van der Waals surface area contributed by atoms with Crippen molar-refractivity contribution in [1.82, 2.24) is 0 Å². The van der Waals surface area contributed by atoms with Gasteiger partial charge in [-0.2, -0.15) is 11.8 Å². The lowest BCUT2D eigenvalue weighted by molar-refractivity contribution is -0.111. The van der Waals surface area contributed by atoms with Crippen LogP contribution >= 0.6 is 11.8 Å². The fourth-order valence-corrected chi connectivity index (χ4v) is 1.68. The molecule has 0 unspecified atom stereocenters. The third-order valence-corrected chi connectivity index (χ3v) is 2.44. The molecule has 8 heavy (non-hydrogen) atoms. The third kappa shape index (κ3) is 1.05. The van der Waals surface area contributed by atoms with Gasteiger partial charge in [-0.15, -0.1) is 0 Å². The molecule has 46 valence electrons. The maximum Gasteiger partial charge on any atom is 0.126 e. The first-order valence-corrected chi connectivity index (χ1v) is 4.18. The first-order valence-electron chi connectivity index (χ1n) is 2.78. The van der Waals surface area contributed by atoms with Gasteiger partial charge in [-0.3, -0.25) is 0 Å². The van der Waals surface area contributed by atoms with Gasteiger partial charge >= 0.3 is 0 Å². The lowest BCUT2D eigenvalue weighted by Crippen LogP contribution is -2.03. The highest BCUT2D eigenvalue weighted by atomic mass is 32.2. The second-order valence-corrected chi connectivity index (χ2v) is 3.28. The van der Waals surface area contributed by atoms with Crippen molar-refractivity contribution in [3.05, 3.63) is 0 Å². The summed E-state index contributed by atoms with van der Waals surface area (Å²) in [5, 5.41) is 0. The minimum Gasteiger partial charge on any atom is -0.303 e. The normalized spacial score (nSPS) is 22.6. The van der Waals surface area contributed by atoms with E-state index in [1.54, 1.807) is 11.8 Å². The predicted molar refractivity (Wildman–Crippen MR) is 36.1 cm³/mol. The fraction of sp³-hybridized carbons (Fsp3) is 0.833. The second kappa shape index (κ2) is 2.09. The molecule has 1 aliphatic rings. The van der Waals surface area contributed by atoms with Gasteiger partial charge in [0.05, 0.1) is 0 Å². The minimum absolute atomic E-state index is 0.124. The number of aldehydes is 1. The van der Waals surface area contributed by atoms with E-state index in [1.807, 2.05) is 6.26 Å². The Balaban J connectivity index is 2.30. The molecule has 0 N–H and O–H groups in total. The minimum atomic E-state index is 0.124. The molecule has 0 radical (unpaired) electrons. The van der Waals surface area contributed by atoms with Crippen molar-refractivity contribution in [2.24, 2.45) is 5.41 Å². The van der Waals surface area contributed by atoms with Crippen LogP contribution in [0.2, 0.25) is 0 Å². The summed E-state index contributed by atoms with van der Waals surface area (Å²) in [5.41, 5.74) is 0.124. The topological polar surface area (TPSA) is 17.1 Å². The van der Waals surface area contributed by atoms with Crippen molar-refractivity contribution in [3.63, 3.8) is 0 Å². The molecule has 0 spiro atoms. The molecule has 0 atom stereocenters. The van der Waals surface area contributed by atoms with Crippen LogP contribution in [0.4, 0.5) is 0 Å². The van der Waals surface area contributed by atoms with Crippen molar-refractivity contribution in [2.75, 3.05) is 12.0 Å². The van der Waals surface area contributed by atoms with Crippen LogP contribution in [0.1, 0.15) is 12.8 Å². The van der Waals surface area contributed by atoms with Gasteiger partial charge in [-0.1, -0.05) is 0 Å². The van der Waals surface area contributed by atoms with Crippen molar-refractivity contribution in [1.29, 1.82) is 0 Å². The Kier molecular flexibility index (Phi) is 1.61. The Morgan fingerprint density at radius 2 is 2.38 bits per heavy atom.